The Morgan fingerprint density at radius 2 is 1.94 bits per heavy atom. The number of benzene rings is 1. The summed E-state index contributed by atoms with van der Waals surface area (Å²) < 4.78 is 13.2. The van der Waals surface area contributed by atoms with Gasteiger partial charge in [0.05, 0.1) is 0 Å². The molecule has 2 rings (SSSR count). The number of phenolic OH excluding ortho intramolecular Hbond substituents is 1. The van der Waals surface area contributed by atoms with E-state index in [1.54, 1.807) is 6.07 Å². The van der Waals surface area contributed by atoms with Crippen LogP contribution in [0.1, 0.15) is 11.3 Å². The SMILES string of the molecule is Cc1nc(-c2ccc(O)c(F)c2)nc(N)c1C. The van der Waals surface area contributed by atoms with Crippen LogP contribution in [-0.2, 0) is 0 Å². The van der Waals surface area contributed by atoms with Gasteiger partial charge in [0.1, 0.15) is 5.82 Å². The number of nitrogens with zero attached hydrogens (tertiary/aromatic N) is 2. The molecular weight excluding hydrogens is 221 g/mol. The lowest BCUT2D eigenvalue weighted by Crippen LogP contribution is -2.02. The lowest BCUT2D eigenvalue weighted by atomic mass is 10.1. The Morgan fingerprint density at radius 3 is 2.53 bits per heavy atom. The van der Waals surface area contributed by atoms with Gasteiger partial charge in [-0.3, -0.25) is 0 Å². The number of halogens is 1. The van der Waals surface area contributed by atoms with E-state index in [2.05, 4.69) is 9.97 Å². The monoisotopic (exact) mass is 233 g/mol. The highest BCUT2D eigenvalue weighted by atomic mass is 19.1. The molecular formula is C12H12FN3O. The van der Waals surface area contributed by atoms with Crippen LogP contribution in [0.15, 0.2) is 18.2 Å². The van der Waals surface area contributed by atoms with Crippen molar-refractivity contribution in [1.29, 1.82) is 0 Å². The van der Waals surface area contributed by atoms with E-state index in [4.69, 9.17) is 10.8 Å². The van der Waals surface area contributed by atoms with E-state index >= 15 is 0 Å². The molecule has 1 aromatic heterocycles. The van der Waals surface area contributed by atoms with Crippen molar-refractivity contribution in [3.05, 3.63) is 35.3 Å². The second-order valence-electron chi connectivity index (χ2n) is 3.81. The maximum Gasteiger partial charge on any atom is 0.165 e. The number of aromatic hydroxyl groups is 1. The van der Waals surface area contributed by atoms with E-state index in [1.165, 1.54) is 12.1 Å². The number of hydrogen-bond acceptors (Lipinski definition) is 4. The largest absolute Gasteiger partial charge is 0.505 e. The molecule has 88 valence electrons. The molecule has 5 heteroatoms. The minimum atomic E-state index is -0.706. The van der Waals surface area contributed by atoms with Crippen molar-refractivity contribution < 1.29 is 9.50 Å². The van der Waals surface area contributed by atoms with Crippen LogP contribution in [0.3, 0.4) is 0 Å². The normalized spacial score (nSPS) is 10.5. The first-order valence-corrected chi connectivity index (χ1v) is 5.08. The molecule has 0 saturated heterocycles. The van der Waals surface area contributed by atoms with Gasteiger partial charge >= 0.3 is 0 Å². The molecule has 3 N–H and O–H groups in total. The van der Waals surface area contributed by atoms with E-state index in [-0.39, 0.29) is 0 Å². The van der Waals surface area contributed by atoms with Gasteiger partial charge < -0.3 is 10.8 Å². The minimum Gasteiger partial charge on any atom is -0.505 e. The molecule has 0 aliphatic rings. The van der Waals surface area contributed by atoms with Crippen LogP contribution in [-0.4, -0.2) is 15.1 Å². The Kier molecular flexibility index (Phi) is 2.67. The Hall–Kier alpha value is -2.17. The summed E-state index contributed by atoms with van der Waals surface area (Å²) in [5, 5.41) is 9.10. The molecule has 4 nitrogen and oxygen atoms in total. The maximum atomic E-state index is 13.2. The number of nitrogens with two attached hydrogens (primary N) is 1. The minimum absolute atomic E-state index is 0.351. The third kappa shape index (κ3) is 2.04. The van der Waals surface area contributed by atoms with E-state index in [0.717, 1.165) is 11.3 Å². The van der Waals surface area contributed by atoms with Crippen molar-refractivity contribution in [2.45, 2.75) is 13.8 Å². The first-order valence-electron chi connectivity index (χ1n) is 5.08. The van der Waals surface area contributed by atoms with Gasteiger partial charge in [0.15, 0.2) is 17.4 Å². The fourth-order valence-electron chi connectivity index (χ4n) is 1.43. The summed E-state index contributed by atoms with van der Waals surface area (Å²) in [6.45, 7) is 3.64. The molecule has 0 aliphatic heterocycles. The first kappa shape index (κ1) is 11.3. The van der Waals surface area contributed by atoms with Crippen LogP contribution in [0.25, 0.3) is 11.4 Å². The van der Waals surface area contributed by atoms with Crippen molar-refractivity contribution in [2.75, 3.05) is 5.73 Å². The van der Waals surface area contributed by atoms with Gasteiger partial charge in [-0.1, -0.05) is 0 Å². The molecule has 0 fully saturated rings. The highest BCUT2D eigenvalue weighted by Crippen LogP contribution is 2.24. The average Bonchev–Trinajstić information content (AvgIpc) is 2.29. The Morgan fingerprint density at radius 1 is 1.24 bits per heavy atom. The average molecular weight is 233 g/mol. The quantitative estimate of drug-likeness (QED) is 0.791. The van der Waals surface area contributed by atoms with E-state index in [0.29, 0.717) is 17.2 Å². The fourth-order valence-corrected chi connectivity index (χ4v) is 1.43. The predicted octanol–water partition coefficient (Wildman–Crippen LogP) is 2.19. The van der Waals surface area contributed by atoms with Crippen LogP contribution < -0.4 is 5.73 Å². The number of rotatable bonds is 1. The molecule has 0 saturated carbocycles. The molecule has 0 atom stereocenters. The topological polar surface area (TPSA) is 72.0 Å². The number of aromatic nitrogens is 2. The van der Waals surface area contributed by atoms with Gasteiger partial charge in [0.25, 0.3) is 0 Å². The summed E-state index contributed by atoms with van der Waals surface area (Å²) in [4.78, 5) is 8.33. The summed E-state index contributed by atoms with van der Waals surface area (Å²) in [7, 11) is 0. The summed E-state index contributed by atoms with van der Waals surface area (Å²) in [6.07, 6.45) is 0. The third-order valence-corrected chi connectivity index (χ3v) is 2.63. The Bertz CT molecular complexity index is 561. The molecule has 0 amide bonds. The van der Waals surface area contributed by atoms with E-state index in [9.17, 15) is 4.39 Å². The number of nitrogen functional groups attached to an aromatic ring is 1. The van der Waals surface area contributed by atoms with Crippen molar-refractivity contribution in [1.82, 2.24) is 9.97 Å². The zero-order valence-corrected chi connectivity index (χ0v) is 9.53. The number of hydrogen-bond donors (Lipinski definition) is 2. The van der Waals surface area contributed by atoms with Crippen LogP contribution in [0.2, 0.25) is 0 Å². The molecule has 0 spiro atoms. The summed E-state index contributed by atoms with van der Waals surface area (Å²) in [5.74, 6) is -0.376. The smallest absolute Gasteiger partial charge is 0.165 e. The lowest BCUT2D eigenvalue weighted by Gasteiger charge is -2.07. The molecule has 1 heterocycles. The maximum absolute atomic E-state index is 13.2. The van der Waals surface area contributed by atoms with Crippen LogP contribution in [0.4, 0.5) is 10.2 Å². The molecule has 0 aliphatic carbocycles. The Labute approximate surface area is 98.0 Å². The van der Waals surface area contributed by atoms with Crippen LogP contribution >= 0.6 is 0 Å². The second kappa shape index (κ2) is 4.01. The fraction of sp³-hybridized carbons (Fsp3) is 0.167. The van der Waals surface area contributed by atoms with Gasteiger partial charge in [-0.2, -0.15) is 0 Å². The van der Waals surface area contributed by atoms with Gasteiger partial charge in [-0.15, -0.1) is 0 Å². The number of aryl methyl sites for hydroxylation is 1. The van der Waals surface area contributed by atoms with Crippen molar-refractivity contribution in [3.8, 4) is 17.1 Å². The van der Waals surface area contributed by atoms with E-state index < -0.39 is 11.6 Å². The van der Waals surface area contributed by atoms with Crippen molar-refractivity contribution >= 4 is 5.82 Å². The van der Waals surface area contributed by atoms with Gasteiger partial charge in [0.2, 0.25) is 0 Å². The molecule has 2 aromatic rings. The van der Waals surface area contributed by atoms with E-state index in [1.807, 2.05) is 13.8 Å². The predicted molar refractivity (Wildman–Crippen MR) is 63.0 cm³/mol. The molecule has 1 aromatic carbocycles. The highest BCUT2D eigenvalue weighted by molar-refractivity contribution is 5.59. The summed E-state index contributed by atoms with van der Waals surface area (Å²) in [5.41, 5.74) is 7.78. The molecule has 0 unspecified atom stereocenters. The first-order chi connectivity index (χ1) is 7.99. The van der Waals surface area contributed by atoms with Crippen molar-refractivity contribution in [3.63, 3.8) is 0 Å². The molecule has 0 radical (unpaired) electrons. The molecule has 0 bridgehead atoms. The zero-order chi connectivity index (χ0) is 12.6. The number of anilines is 1. The zero-order valence-electron chi connectivity index (χ0n) is 9.53. The van der Waals surface area contributed by atoms with Crippen LogP contribution in [0, 0.1) is 19.7 Å². The van der Waals surface area contributed by atoms with Gasteiger partial charge in [0, 0.05) is 16.8 Å². The summed E-state index contributed by atoms with van der Waals surface area (Å²) in [6, 6.07) is 3.99. The van der Waals surface area contributed by atoms with Crippen molar-refractivity contribution in [2.24, 2.45) is 0 Å². The number of phenols is 1. The third-order valence-electron chi connectivity index (χ3n) is 2.63. The summed E-state index contributed by atoms with van der Waals surface area (Å²) >= 11 is 0. The highest BCUT2D eigenvalue weighted by Gasteiger charge is 2.09. The molecule has 17 heavy (non-hydrogen) atoms. The standard InChI is InChI=1S/C12H12FN3O/c1-6-7(2)15-12(16-11(6)14)8-3-4-10(17)9(13)5-8/h3-5,17H,1-2H3,(H2,14,15,16). The van der Waals surface area contributed by atoms with Gasteiger partial charge in [-0.25, -0.2) is 14.4 Å². The van der Waals surface area contributed by atoms with Gasteiger partial charge in [-0.05, 0) is 32.0 Å². The Balaban J connectivity index is 2.57. The second-order valence-corrected chi connectivity index (χ2v) is 3.81. The lowest BCUT2D eigenvalue weighted by molar-refractivity contribution is 0.432. The van der Waals surface area contributed by atoms with Crippen LogP contribution in [0.5, 0.6) is 5.75 Å².